The van der Waals surface area contributed by atoms with Gasteiger partial charge in [0.1, 0.15) is 5.56 Å². The number of nitrogens with zero attached hydrogens (tertiary/aromatic N) is 3. The van der Waals surface area contributed by atoms with Crippen LogP contribution < -0.4 is 0 Å². The average Bonchev–Trinajstić information content (AvgIpc) is 3.18. The first-order chi connectivity index (χ1) is 13.7. The normalized spacial score (nSPS) is 17.8. The number of benzene rings is 1. The molecule has 1 aromatic carbocycles. The first kappa shape index (κ1) is 21.0. The van der Waals surface area contributed by atoms with Crippen molar-refractivity contribution in [1.29, 1.82) is 0 Å². The van der Waals surface area contributed by atoms with Crippen LogP contribution in [0, 0.1) is 13.8 Å². The molecule has 1 atom stereocenters. The molecule has 1 amide bonds. The van der Waals surface area contributed by atoms with Crippen molar-refractivity contribution in [3.05, 3.63) is 52.8 Å². The molecule has 1 saturated heterocycles. The molecule has 2 heterocycles. The van der Waals surface area contributed by atoms with Crippen molar-refractivity contribution in [3.63, 3.8) is 0 Å². The maximum atomic E-state index is 12.6. The quantitative estimate of drug-likeness (QED) is 0.656. The zero-order valence-electron chi connectivity index (χ0n) is 16.8. The summed E-state index contributed by atoms with van der Waals surface area (Å²) in [6, 6.07) is 9.39. The highest BCUT2D eigenvalue weighted by Gasteiger charge is 2.33. The second-order valence-corrected chi connectivity index (χ2v) is 9.56. The molecule has 1 fully saturated rings. The van der Waals surface area contributed by atoms with Crippen molar-refractivity contribution in [2.75, 3.05) is 25.2 Å². The summed E-state index contributed by atoms with van der Waals surface area (Å²) in [6.07, 6.45) is 0.406. The van der Waals surface area contributed by atoms with E-state index in [9.17, 15) is 18.0 Å². The Kier molecular flexibility index (Phi) is 6.07. The van der Waals surface area contributed by atoms with E-state index in [0.29, 0.717) is 29.9 Å². The molecule has 0 unspecified atom stereocenters. The van der Waals surface area contributed by atoms with E-state index in [2.05, 4.69) is 5.10 Å². The number of hydrogen-bond acceptors (Lipinski definition) is 6. The van der Waals surface area contributed by atoms with Gasteiger partial charge in [-0.05, 0) is 25.8 Å². The Morgan fingerprint density at radius 1 is 1.24 bits per heavy atom. The van der Waals surface area contributed by atoms with Crippen molar-refractivity contribution in [3.8, 4) is 0 Å². The van der Waals surface area contributed by atoms with Gasteiger partial charge >= 0.3 is 5.97 Å². The smallest absolute Gasteiger partial charge is 0.342 e. The van der Waals surface area contributed by atoms with Crippen LogP contribution in [0.25, 0.3) is 0 Å². The van der Waals surface area contributed by atoms with Crippen LogP contribution in [0.15, 0.2) is 30.3 Å². The van der Waals surface area contributed by atoms with Crippen LogP contribution in [-0.4, -0.2) is 66.2 Å². The van der Waals surface area contributed by atoms with Gasteiger partial charge in [-0.3, -0.25) is 9.48 Å². The van der Waals surface area contributed by atoms with Gasteiger partial charge < -0.3 is 9.64 Å². The first-order valence-corrected chi connectivity index (χ1v) is 11.2. The second-order valence-electron chi connectivity index (χ2n) is 7.33. The molecule has 1 aliphatic rings. The number of sulfone groups is 1. The third-order valence-corrected chi connectivity index (χ3v) is 6.99. The van der Waals surface area contributed by atoms with E-state index in [4.69, 9.17) is 4.74 Å². The second kappa shape index (κ2) is 8.36. The number of ether oxygens (including phenoxy) is 1. The first-order valence-electron chi connectivity index (χ1n) is 9.39. The predicted octanol–water partition coefficient (Wildman–Crippen LogP) is 1.35. The van der Waals surface area contributed by atoms with Crippen molar-refractivity contribution in [1.82, 2.24) is 14.7 Å². The summed E-state index contributed by atoms with van der Waals surface area (Å²) in [5.41, 5.74) is 2.60. The minimum atomic E-state index is -3.10. The SMILES string of the molecule is Cc1nn(Cc2ccccc2)c(C)c1C(=O)OCC(=O)N(C)[C@@H]1CCS(=O)(=O)C1. The summed E-state index contributed by atoms with van der Waals surface area (Å²) < 4.78 is 30.1. The Morgan fingerprint density at radius 3 is 2.55 bits per heavy atom. The van der Waals surface area contributed by atoms with Gasteiger partial charge in [0, 0.05) is 13.1 Å². The minimum absolute atomic E-state index is 0.0480. The van der Waals surface area contributed by atoms with Gasteiger partial charge in [-0.2, -0.15) is 5.10 Å². The largest absolute Gasteiger partial charge is 0.452 e. The lowest BCUT2D eigenvalue weighted by atomic mass is 10.2. The van der Waals surface area contributed by atoms with Crippen LogP contribution in [0.1, 0.15) is 33.7 Å². The molecular weight excluding hydrogens is 394 g/mol. The highest BCUT2D eigenvalue weighted by Crippen LogP contribution is 2.18. The van der Waals surface area contributed by atoms with E-state index >= 15 is 0 Å². The van der Waals surface area contributed by atoms with Gasteiger partial charge in [-0.25, -0.2) is 13.2 Å². The fourth-order valence-electron chi connectivity index (χ4n) is 3.49. The van der Waals surface area contributed by atoms with E-state index in [1.165, 1.54) is 11.9 Å². The maximum Gasteiger partial charge on any atom is 0.342 e. The van der Waals surface area contributed by atoms with E-state index in [1.807, 2.05) is 30.3 Å². The van der Waals surface area contributed by atoms with Crippen molar-refractivity contribution >= 4 is 21.7 Å². The number of rotatable bonds is 6. The number of hydrogen-bond donors (Lipinski definition) is 0. The number of esters is 1. The van der Waals surface area contributed by atoms with Crippen molar-refractivity contribution in [2.24, 2.45) is 0 Å². The van der Waals surface area contributed by atoms with Crippen LogP contribution in [-0.2, 0) is 25.9 Å². The highest BCUT2D eigenvalue weighted by molar-refractivity contribution is 7.91. The number of carbonyl (C=O) groups excluding carboxylic acids is 2. The van der Waals surface area contributed by atoms with Gasteiger partial charge in [-0.1, -0.05) is 30.3 Å². The Balaban J connectivity index is 1.63. The number of aryl methyl sites for hydroxylation is 1. The Labute approximate surface area is 170 Å². The molecule has 29 heavy (non-hydrogen) atoms. The minimum Gasteiger partial charge on any atom is -0.452 e. The van der Waals surface area contributed by atoms with Gasteiger partial charge in [0.15, 0.2) is 16.4 Å². The van der Waals surface area contributed by atoms with Crippen LogP contribution in [0.5, 0.6) is 0 Å². The third-order valence-electron chi connectivity index (χ3n) is 5.24. The summed E-state index contributed by atoms with van der Waals surface area (Å²) in [4.78, 5) is 26.2. The Hall–Kier alpha value is -2.68. The monoisotopic (exact) mass is 419 g/mol. The van der Waals surface area contributed by atoms with Crippen LogP contribution in [0.2, 0.25) is 0 Å². The molecule has 0 spiro atoms. The molecule has 0 radical (unpaired) electrons. The number of carbonyl (C=O) groups is 2. The van der Waals surface area contributed by atoms with E-state index in [1.54, 1.807) is 18.5 Å². The van der Waals surface area contributed by atoms with Crippen LogP contribution in [0.4, 0.5) is 0 Å². The van der Waals surface area contributed by atoms with Gasteiger partial charge in [0.2, 0.25) is 0 Å². The molecule has 0 N–H and O–H groups in total. The van der Waals surface area contributed by atoms with E-state index < -0.39 is 28.3 Å². The lowest BCUT2D eigenvalue weighted by Crippen LogP contribution is -2.40. The van der Waals surface area contributed by atoms with Gasteiger partial charge in [-0.15, -0.1) is 0 Å². The van der Waals surface area contributed by atoms with Gasteiger partial charge in [0.25, 0.3) is 5.91 Å². The topological polar surface area (TPSA) is 98.6 Å². The number of aromatic nitrogens is 2. The summed E-state index contributed by atoms with van der Waals surface area (Å²) in [5, 5.41) is 4.42. The molecule has 9 heteroatoms. The Morgan fingerprint density at radius 2 is 1.93 bits per heavy atom. The Bertz CT molecular complexity index is 1010. The molecule has 2 aromatic rings. The molecule has 156 valence electrons. The lowest BCUT2D eigenvalue weighted by molar-refractivity contribution is -0.134. The van der Waals surface area contributed by atoms with Crippen LogP contribution >= 0.6 is 0 Å². The molecule has 1 aromatic heterocycles. The summed E-state index contributed by atoms with van der Waals surface area (Å²) >= 11 is 0. The molecule has 0 aliphatic carbocycles. The molecule has 0 saturated carbocycles. The molecular formula is C20H25N3O5S. The van der Waals surface area contributed by atoms with Crippen molar-refractivity contribution < 1.29 is 22.7 Å². The molecule has 3 rings (SSSR count). The fraction of sp³-hybridized carbons (Fsp3) is 0.450. The number of amides is 1. The average molecular weight is 420 g/mol. The number of likely N-dealkylation sites (N-methyl/N-ethyl adjacent to an activating group) is 1. The molecule has 8 nitrogen and oxygen atoms in total. The third kappa shape index (κ3) is 4.84. The molecule has 0 bridgehead atoms. The molecule has 1 aliphatic heterocycles. The van der Waals surface area contributed by atoms with Gasteiger partial charge in [0.05, 0.1) is 29.4 Å². The summed E-state index contributed by atoms with van der Waals surface area (Å²) in [7, 11) is -1.56. The lowest BCUT2D eigenvalue weighted by Gasteiger charge is -2.23. The summed E-state index contributed by atoms with van der Waals surface area (Å²) in [6.45, 7) is 3.60. The van der Waals surface area contributed by atoms with Crippen LogP contribution in [0.3, 0.4) is 0 Å². The fourth-order valence-corrected chi connectivity index (χ4v) is 5.26. The standard InChI is InChI=1S/C20H25N3O5S/c1-14-19(15(2)23(21-14)11-16-7-5-4-6-8-16)20(25)28-12-18(24)22(3)17-9-10-29(26,27)13-17/h4-8,17H,9-13H2,1-3H3/t17-/m1/s1. The zero-order chi connectivity index (χ0) is 21.2. The maximum absolute atomic E-state index is 12.6. The highest BCUT2D eigenvalue weighted by atomic mass is 32.2. The zero-order valence-corrected chi connectivity index (χ0v) is 17.6. The van der Waals surface area contributed by atoms with E-state index in [-0.39, 0.29) is 17.5 Å². The van der Waals surface area contributed by atoms with Crippen molar-refractivity contribution in [2.45, 2.75) is 32.9 Å². The van der Waals surface area contributed by atoms with E-state index in [0.717, 1.165) is 5.56 Å². The predicted molar refractivity (Wildman–Crippen MR) is 107 cm³/mol. The summed E-state index contributed by atoms with van der Waals surface area (Å²) in [5.74, 6) is -1.01.